The smallest absolute Gasteiger partial charge is 0.289 e. The van der Waals surface area contributed by atoms with Crippen LogP contribution in [0.2, 0.25) is 0 Å². The maximum absolute atomic E-state index is 12.3. The summed E-state index contributed by atoms with van der Waals surface area (Å²) in [7, 11) is 0. The Morgan fingerprint density at radius 3 is 2.72 bits per heavy atom. The first-order valence-electron chi connectivity index (χ1n) is 6.27. The maximum atomic E-state index is 12.3. The van der Waals surface area contributed by atoms with E-state index in [4.69, 9.17) is 10.2 Å². The summed E-state index contributed by atoms with van der Waals surface area (Å²) in [6.07, 6.45) is 1.73. The van der Waals surface area contributed by atoms with Crippen LogP contribution in [0.25, 0.3) is 11.0 Å². The van der Waals surface area contributed by atoms with Gasteiger partial charge in [0.2, 0.25) is 0 Å². The van der Waals surface area contributed by atoms with Crippen LogP contribution < -0.4 is 5.73 Å². The van der Waals surface area contributed by atoms with Crippen molar-refractivity contribution in [3.05, 3.63) is 36.1 Å². The van der Waals surface area contributed by atoms with Gasteiger partial charge >= 0.3 is 0 Å². The molecular formula is C14H16N2O2. The molecule has 94 valence electrons. The van der Waals surface area contributed by atoms with Gasteiger partial charge in [-0.15, -0.1) is 0 Å². The lowest BCUT2D eigenvalue weighted by molar-refractivity contribution is 0.0685. The number of nitrogens with zero attached hydrogens (tertiary/aromatic N) is 1. The van der Waals surface area contributed by atoms with Crippen LogP contribution in [0.1, 0.15) is 23.4 Å². The third-order valence-corrected chi connectivity index (χ3v) is 3.46. The number of carbonyl (C=O) groups excluding carboxylic acids is 1. The van der Waals surface area contributed by atoms with Crippen LogP contribution in [-0.2, 0) is 0 Å². The number of para-hydroxylation sites is 1. The van der Waals surface area contributed by atoms with Crippen LogP contribution in [0.5, 0.6) is 0 Å². The summed E-state index contributed by atoms with van der Waals surface area (Å²) < 4.78 is 5.59. The van der Waals surface area contributed by atoms with Gasteiger partial charge in [-0.2, -0.15) is 0 Å². The van der Waals surface area contributed by atoms with Crippen molar-refractivity contribution in [3.8, 4) is 0 Å². The molecule has 3 rings (SSSR count). The highest BCUT2D eigenvalue weighted by atomic mass is 16.3. The number of hydrogen-bond donors (Lipinski definition) is 1. The predicted molar refractivity (Wildman–Crippen MR) is 69.3 cm³/mol. The monoisotopic (exact) mass is 244 g/mol. The molecule has 2 N–H and O–H groups in total. The molecule has 0 unspecified atom stereocenters. The lowest BCUT2D eigenvalue weighted by Crippen LogP contribution is -2.42. The molecule has 4 heteroatoms. The summed E-state index contributed by atoms with van der Waals surface area (Å²) in [6.45, 7) is 1.44. The molecule has 4 nitrogen and oxygen atoms in total. The van der Waals surface area contributed by atoms with Gasteiger partial charge in [0.1, 0.15) is 5.58 Å². The zero-order valence-electron chi connectivity index (χ0n) is 10.1. The molecule has 1 aliphatic heterocycles. The Kier molecular flexibility index (Phi) is 2.80. The number of nitrogens with two attached hydrogens (primary N) is 1. The minimum Gasteiger partial charge on any atom is -0.451 e. The van der Waals surface area contributed by atoms with Gasteiger partial charge in [-0.1, -0.05) is 18.2 Å². The number of benzene rings is 1. The van der Waals surface area contributed by atoms with Crippen molar-refractivity contribution in [1.82, 2.24) is 4.90 Å². The van der Waals surface area contributed by atoms with Gasteiger partial charge in [0.25, 0.3) is 5.91 Å². The molecule has 2 aromatic rings. The van der Waals surface area contributed by atoms with Crippen LogP contribution in [0, 0.1) is 0 Å². The van der Waals surface area contributed by atoms with Gasteiger partial charge < -0.3 is 15.1 Å². The van der Waals surface area contributed by atoms with Crippen molar-refractivity contribution in [3.63, 3.8) is 0 Å². The first-order chi connectivity index (χ1) is 8.74. The third kappa shape index (κ3) is 1.99. The Morgan fingerprint density at radius 1 is 1.28 bits per heavy atom. The molecule has 0 atom stereocenters. The average molecular weight is 244 g/mol. The van der Waals surface area contributed by atoms with Crippen LogP contribution in [0.15, 0.2) is 34.7 Å². The van der Waals surface area contributed by atoms with E-state index in [1.807, 2.05) is 35.2 Å². The fraction of sp³-hybridized carbons (Fsp3) is 0.357. The Balaban J connectivity index is 1.83. The lowest BCUT2D eigenvalue weighted by atomic mass is 10.1. The van der Waals surface area contributed by atoms with Gasteiger partial charge in [-0.25, -0.2) is 0 Å². The van der Waals surface area contributed by atoms with E-state index in [0.29, 0.717) is 5.76 Å². The molecule has 0 radical (unpaired) electrons. The minimum absolute atomic E-state index is 0.0295. The van der Waals surface area contributed by atoms with Crippen LogP contribution in [0.4, 0.5) is 0 Å². The molecule has 1 aromatic heterocycles. The summed E-state index contributed by atoms with van der Waals surface area (Å²) in [5.41, 5.74) is 6.59. The first-order valence-corrected chi connectivity index (χ1v) is 6.27. The molecule has 1 aromatic carbocycles. The van der Waals surface area contributed by atoms with Gasteiger partial charge in [-0.3, -0.25) is 4.79 Å². The molecule has 0 bridgehead atoms. The van der Waals surface area contributed by atoms with Crippen molar-refractivity contribution in [2.24, 2.45) is 5.73 Å². The van der Waals surface area contributed by atoms with E-state index in [0.717, 1.165) is 36.9 Å². The summed E-state index contributed by atoms with van der Waals surface area (Å²) in [5, 5.41) is 0.967. The summed E-state index contributed by atoms with van der Waals surface area (Å²) in [6, 6.07) is 9.70. The van der Waals surface area contributed by atoms with E-state index in [1.165, 1.54) is 0 Å². The fourth-order valence-electron chi connectivity index (χ4n) is 2.35. The maximum Gasteiger partial charge on any atom is 0.289 e. The number of hydrogen-bond acceptors (Lipinski definition) is 3. The topological polar surface area (TPSA) is 59.5 Å². The standard InChI is InChI=1S/C14H16N2O2/c15-11-5-7-16(8-6-11)14(17)13-9-10-3-1-2-4-12(10)18-13/h1-4,9,11H,5-8,15H2. The van der Waals surface area contributed by atoms with E-state index in [1.54, 1.807) is 0 Å². The lowest BCUT2D eigenvalue weighted by Gasteiger charge is -2.29. The van der Waals surface area contributed by atoms with Crippen molar-refractivity contribution < 1.29 is 9.21 Å². The average Bonchev–Trinajstić information content (AvgIpc) is 2.82. The predicted octanol–water partition coefficient (Wildman–Crippen LogP) is 2.00. The number of likely N-dealkylation sites (tertiary alicyclic amines) is 1. The van der Waals surface area contributed by atoms with E-state index in [-0.39, 0.29) is 11.9 Å². The Bertz CT molecular complexity index is 535. The third-order valence-electron chi connectivity index (χ3n) is 3.46. The molecule has 18 heavy (non-hydrogen) atoms. The molecule has 1 saturated heterocycles. The van der Waals surface area contributed by atoms with Gasteiger partial charge in [-0.05, 0) is 25.0 Å². The second kappa shape index (κ2) is 4.46. The van der Waals surface area contributed by atoms with Crippen molar-refractivity contribution in [2.45, 2.75) is 18.9 Å². The van der Waals surface area contributed by atoms with E-state index >= 15 is 0 Å². The summed E-state index contributed by atoms with van der Waals surface area (Å²) in [5.74, 6) is 0.393. The quantitative estimate of drug-likeness (QED) is 0.834. The number of rotatable bonds is 1. The zero-order valence-corrected chi connectivity index (χ0v) is 10.1. The van der Waals surface area contributed by atoms with Crippen LogP contribution in [0.3, 0.4) is 0 Å². The minimum atomic E-state index is -0.0295. The molecule has 0 saturated carbocycles. The summed E-state index contributed by atoms with van der Waals surface area (Å²) in [4.78, 5) is 14.1. The van der Waals surface area contributed by atoms with E-state index in [2.05, 4.69) is 0 Å². The van der Waals surface area contributed by atoms with Crippen molar-refractivity contribution in [2.75, 3.05) is 13.1 Å². The van der Waals surface area contributed by atoms with Crippen molar-refractivity contribution in [1.29, 1.82) is 0 Å². The SMILES string of the molecule is NC1CCN(C(=O)c2cc3ccccc3o2)CC1. The largest absolute Gasteiger partial charge is 0.451 e. The normalized spacial score (nSPS) is 17.3. The van der Waals surface area contributed by atoms with Crippen molar-refractivity contribution >= 4 is 16.9 Å². The number of amides is 1. The van der Waals surface area contributed by atoms with Gasteiger partial charge in [0.05, 0.1) is 0 Å². The Labute approximate surface area is 105 Å². The van der Waals surface area contributed by atoms with E-state index < -0.39 is 0 Å². The van der Waals surface area contributed by atoms with Crippen LogP contribution >= 0.6 is 0 Å². The number of piperidine rings is 1. The highest BCUT2D eigenvalue weighted by Gasteiger charge is 2.23. The first kappa shape index (κ1) is 11.3. The Morgan fingerprint density at radius 2 is 2.00 bits per heavy atom. The molecule has 1 amide bonds. The van der Waals surface area contributed by atoms with E-state index in [9.17, 15) is 4.79 Å². The molecule has 2 heterocycles. The number of furan rings is 1. The second-order valence-electron chi connectivity index (χ2n) is 4.78. The number of fused-ring (bicyclic) bond motifs is 1. The fourth-order valence-corrected chi connectivity index (χ4v) is 2.35. The number of carbonyl (C=O) groups is 1. The molecule has 1 fully saturated rings. The molecule has 1 aliphatic rings. The summed E-state index contributed by atoms with van der Waals surface area (Å²) >= 11 is 0. The second-order valence-corrected chi connectivity index (χ2v) is 4.78. The van der Waals surface area contributed by atoms with Crippen LogP contribution in [-0.4, -0.2) is 29.9 Å². The highest BCUT2D eigenvalue weighted by molar-refractivity contribution is 5.96. The highest BCUT2D eigenvalue weighted by Crippen LogP contribution is 2.21. The molecule has 0 aliphatic carbocycles. The molecular weight excluding hydrogens is 228 g/mol. The zero-order chi connectivity index (χ0) is 12.5. The Hall–Kier alpha value is -1.81. The van der Waals surface area contributed by atoms with Gasteiger partial charge in [0.15, 0.2) is 5.76 Å². The molecule has 0 spiro atoms. The van der Waals surface area contributed by atoms with Gasteiger partial charge in [0, 0.05) is 24.5 Å².